The molecule has 1 aromatic carbocycles. The summed E-state index contributed by atoms with van der Waals surface area (Å²) in [5.41, 5.74) is 2.29. The van der Waals surface area contributed by atoms with Crippen molar-refractivity contribution in [3.05, 3.63) is 35.9 Å². The normalized spacial score (nSPS) is 13.1. The smallest absolute Gasteiger partial charge is 0.0696 e. The Hall–Kier alpha value is -1.28. The third kappa shape index (κ3) is 3.23. The molecule has 0 saturated carbocycles. The van der Waals surface area contributed by atoms with Crippen molar-refractivity contribution in [2.75, 3.05) is 19.0 Å². The average Bonchev–Trinajstić information content (AvgIpc) is 2.15. The van der Waals surface area contributed by atoms with Crippen molar-refractivity contribution < 1.29 is 5.11 Å². The first-order valence-electron chi connectivity index (χ1n) is 4.73. The summed E-state index contributed by atoms with van der Waals surface area (Å²) in [6.07, 6.45) is 3.30. The number of hydrogen-bond acceptors (Lipinski definition) is 2. The summed E-state index contributed by atoms with van der Waals surface area (Å²) in [5, 5.41) is 9.06. The Morgan fingerprint density at radius 2 is 1.79 bits per heavy atom. The van der Waals surface area contributed by atoms with Gasteiger partial charge in [-0.25, -0.2) is 0 Å². The van der Waals surface area contributed by atoms with Gasteiger partial charge < -0.3 is 10.0 Å². The number of aliphatic hydroxyl groups excluding tert-OH is 1. The number of aliphatic hydroxyl groups is 1. The minimum absolute atomic E-state index is 0.386. The van der Waals surface area contributed by atoms with Gasteiger partial charge in [0, 0.05) is 19.8 Å². The lowest BCUT2D eigenvalue weighted by molar-refractivity contribution is 0.245. The second kappa shape index (κ2) is 4.82. The molecule has 1 N–H and O–H groups in total. The van der Waals surface area contributed by atoms with E-state index in [0.717, 1.165) is 5.56 Å². The Kier molecular flexibility index (Phi) is 3.72. The molecular weight excluding hydrogens is 174 g/mol. The van der Waals surface area contributed by atoms with Crippen LogP contribution in [-0.4, -0.2) is 25.3 Å². The van der Waals surface area contributed by atoms with Gasteiger partial charge in [-0.15, -0.1) is 0 Å². The zero-order valence-electron chi connectivity index (χ0n) is 8.94. The molecular formula is C12H17NO. The second-order valence-corrected chi connectivity index (χ2v) is 3.59. The van der Waals surface area contributed by atoms with Gasteiger partial charge in [0.25, 0.3) is 0 Å². The lowest BCUT2D eigenvalue weighted by Gasteiger charge is -2.11. The van der Waals surface area contributed by atoms with E-state index in [1.807, 2.05) is 32.3 Å². The fourth-order valence-corrected chi connectivity index (χ4v) is 1.13. The van der Waals surface area contributed by atoms with Crippen LogP contribution in [0.4, 0.5) is 5.69 Å². The first-order valence-corrected chi connectivity index (χ1v) is 4.73. The predicted octanol–water partition coefficient (Wildman–Crippen LogP) is 2.15. The maximum Gasteiger partial charge on any atom is 0.0696 e. The van der Waals surface area contributed by atoms with Crippen LogP contribution in [0, 0.1) is 0 Å². The Morgan fingerprint density at radius 3 is 2.21 bits per heavy atom. The summed E-state index contributed by atoms with van der Waals surface area (Å²) < 4.78 is 0. The summed E-state index contributed by atoms with van der Waals surface area (Å²) in [6, 6.07) is 8.19. The molecule has 1 rings (SSSR count). The van der Waals surface area contributed by atoms with Crippen LogP contribution in [0.25, 0.3) is 6.08 Å². The van der Waals surface area contributed by atoms with Gasteiger partial charge in [0.15, 0.2) is 0 Å². The molecule has 0 fully saturated rings. The number of benzene rings is 1. The third-order valence-corrected chi connectivity index (χ3v) is 1.98. The standard InChI is InChI=1S/C12H17NO/c1-10(14)4-5-11-6-8-12(9-7-11)13(2)3/h4-10,14H,1-3H3/b5-4+. The first-order chi connectivity index (χ1) is 6.59. The van der Waals surface area contributed by atoms with Crippen LogP contribution in [0.3, 0.4) is 0 Å². The van der Waals surface area contributed by atoms with Gasteiger partial charge in [-0.05, 0) is 24.6 Å². The maximum absolute atomic E-state index is 9.06. The second-order valence-electron chi connectivity index (χ2n) is 3.59. The molecule has 1 unspecified atom stereocenters. The van der Waals surface area contributed by atoms with Crippen molar-refractivity contribution in [1.82, 2.24) is 0 Å². The van der Waals surface area contributed by atoms with E-state index in [1.165, 1.54) is 5.69 Å². The summed E-state index contributed by atoms with van der Waals surface area (Å²) >= 11 is 0. The highest BCUT2D eigenvalue weighted by molar-refractivity contribution is 5.55. The minimum Gasteiger partial charge on any atom is -0.389 e. The van der Waals surface area contributed by atoms with Crippen LogP contribution in [0.1, 0.15) is 12.5 Å². The van der Waals surface area contributed by atoms with Crippen LogP contribution in [0.2, 0.25) is 0 Å². The highest BCUT2D eigenvalue weighted by atomic mass is 16.3. The number of rotatable bonds is 3. The van der Waals surface area contributed by atoms with Gasteiger partial charge in [-0.3, -0.25) is 0 Å². The topological polar surface area (TPSA) is 23.5 Å². The quantitative estimate of drug-likeness (QED) is 0.791. The van der Waals surface area contributed by atoms with E-state index in [2.05, 4.69) is 17.0 Å². The van der Waals surface area contributed by atoms with Crippen molar-refractivity contribution >= 4 is 11.8 Å². The van der Waals surface area contributed by atoms with Crippen LogP contribution < -0.4 is 4.90 Å². The zero-order chi connectivity index (χ0) is 10.6. The number of nitrogens with zero attached hydrogens (tertiary/aromatic N) is 1. The molecule has 0 aliphatic carbocycles. The van der Waals surface area contributed by atoms with Gasteiger partial charge in [0.05, 0.1) is 6.10 Å². The highest BCUT2D eigenvalue weighted by Gasteiger charge is 1.93. The largest absolute Gasteiger partial charge is 0.389 e. The fraction of sp³-hybridized carbons (Fsp3) is 0.333. The molecule has 1 atom stereocenters. The number of hydrogen-bond donors (Lipinski definition) is 1. The molecule has 0 spiro atoms. The Bertz CT molecular complexity index is 299. The van der Waals surface area contributed by atoms with E-state index in [9.17, 15) is 0 Å². The Morgan fingerprint density at radius 1 is 1.21 bits per heavy atom. The lowest BCUT2D eigenvalue weighted by atomic mass is 10.1. The van der Waals surface area contributed by atoms with E-state index in [-0.39, 0.29) is 6.10 Å². The van der Waals surface area contributed by atoms with E-state index in [1.54, 1.807) is 13.0 Å². The SMILES string of the molecule is CC(O)/C=C/c1ccc(N(C)C)cc1. The molecule has 0 radical (unpaired) electrons. The molecule has 2 nitrogen and oxygen atoms in total. The molecule has 0 saturated heterocycles. The van der Waals surface area contributed by atoms with Gasteiger partial charge in [-0.2, -0.15) is 0 Å². The molecule has 0 bridgehead atoms. The van der Waals surface area contributed by atoms with E-state index < -0.39 is 0 Å². The van der Waals surface area contributed by atoms with Gasteiger partial charge in [0.1, 0.15) is 0 Å². The van der Waals surface area contributed by atoms with E-state index >= 15 is 0 Å². The molecule has 76 valence electrons. The highest BCUT2D eigenvalue weighted by Crippen LogP contribution is 2.13. The monoisotopic (exact) mass is 191 g/mol. The molecule has 0 aliphatic rings. The lowest BCUT2D eigenvalue weighted by Crippen LogP contribution is -2.07. The van der Waals surface area contributed by atoms with Gasteiger partial charge in [-0.1, -0.05) is 24.3 Å². The minimum atomic E-state index is -0.386. The van der Waals surface area contributed by atoms with Crippen molar-refractivity contribution in [2.24, 2.45) is 0 Å². The van der Waals surface area contributed by atoms with Gasteiger partial charge in [0.2, 0.25) is 0 Å². The molecule has 14 heavy (non-hydrogen) atoms. The molecule has 0 aliphatic heterocycles. The van der Waals surface area contributed by atoms with Crippen molar-refractivity contribution in [3.63, 3.8) is 0 Å². The summed E-state index contributed by atoms with van der Waals surface area (Å²) in [7, 11) is 4.03. The van der Waals surface area contributed by atoms with Gasteiger partial charge >= 0.3 is 0 Å². The third-order valence-electron chi connectivity index (χ3n) is 1.98. The van der Waals surface area contributed by atoms with E-state index in [0.29, 0.717) is 0 Å². The van der Waals surface area contributed by atoms with Crippen LogP contribution in [0.15, 0.2) is 30.3 Å². The van der Waals surface area contributed by atoms with Crippen LogP contribution in [0.5, 0.6) is 0 Å². The van der Waals surface area contributed by atoms with Crippen molar-refractivity contribution in [2.45, 2.75) is 13.0 Å². The number of anilines is 1. The summed E-state index contributed by atoms with van der Waals surface area (Å²) in [5.74, 6) is 0. The molecule has 2 heteroatoms. The molecule has 0 aromatic heterocycles. The maximum atomic E-state index is 9.06. The predicted molar refractivity (Wildman–Crippen MR) is 61.5 cm³/mol. The average molecular weight is 191 g/mol. The van der Waals surface area contributed by atoms with Crippen LogP contribution >= 0.6 is 0 Å². The van der Waals surface area contributed by atoms with Crippen molar-refractivity contribution in [1.29, 1.82) is 0 Å². The molecule has 0 heterocycles. The zero-order valence-corrected chi connectivity index (χ0v) is 8.94. The molecule has 0 amide bonds. The summed E-state index contributed by atoms with van der Waals surface area (Å²) in [6.45, 7) is 1.74. The first kappa shape index (κ1) is 10.8. The Labute approximate surface area is 85.5 Å². The molecule has 1 aromatic rings. The fourth-order valence-electron chi connectivity index (χ4n) is 1.13. The van der Waals surface area contributed by atoms with E-state index in [4.69, 9.17) is 5.11 Å². The summed E-state index contributed by atoms with van der Waals surface area (Å²) in [4.78, 5) is 2.06. The van der Waals surface area contributed by atoms with Crippen molar-refractivity contribution in [3.8, 4) is 0 Å². The Balaban J connectivity index is 2.73. The van der Waals surface area contributed by atoms with Crippen LogP contribution in [-0.2, 0) is 0 Å².